The van der Waals surface area contributed by atoms with E-state index in [9.17, 15) is 0 Å². The molecule has 0 amide bonds. The molecule has 0 bridgehead atoms. The van der Waals surface area contributed by atoms with Gasteiger partial charge in [-0.15, -0.1) is 0 Å². The molecule has 0 aromatic heterocycles. The van der Waals surface area contributed by atoms with Gasteiger partial charge in [-0.25, -0.2) is 0 Å². The van der Waals surface area contributed by atoms with Gasteiger partial charge >= 0.3 is 0 Å². The van der Waals surface area contributed by atoms with Gasteiger partial charge < -0.3 is 10.1 Å². The van der Waals surface area contributed by atoms with E-state index in [4.69, 9.17) is 4.74 Å². The van der Waals surface area contributed by atoms with E-state index >= 15 is 0 Å². The quantitative estimate of drug-likeness (QED) is 0.831. The Morgan fingerprint density at radius 1 is 1.22 bits per heavy atom. The number of nitrogens with one attached hydrogen (secondary N) is 1. The number of likely N-dealkylation sites (N-methyl/N-ethyl adjacent to an activating group) is 1. The highest BCUT2D eigenvalue weighted by molar-refractivity contribution is 5.36. The zero-order valence-corrected chi connectivity index (χ0v) is 12.6. The summed E-state index contributed by atoms with van der Waals surface area (Å²) in [5.74, 6) is 0.485. The molecule has 0 heterocycles. The zero-order valence-electron chi connectivity index (χ0n) is 12.6. The minimum absolute atomic E-state index is 0.199. The fourth-order valence-electron chi connectivity index (χ4n) is 2.53. The first-order chi connectivity index (χ1) is 8.52. The van der Waals surface area contributed by atoms with Crippen molar-refractivity contribution in [3.05, 3.63) is 34.9 Å². The van der Waals surface area contributed by atoms with E-state index in [1.54, 1.807) is 7.11 Å². The Hall–Kier alpha value is -0.860. The molecule has 2 heteroatoms. The lowest BCUT2D eigenvalue weighted by molar-refractivity contribution is 0.0329. The molecule has 0 saturated heterocycles. The van der Waals surface area contributed by atoms with E-state index in [0.717, 1.165) is 6.54 Å². The van der Waals surface area contributed by atoms with Crippen LogP contribution in [0.25, 0.3) is 0 Å². The van der Waals surface area contributed by atoms with Gasteiger partial charge in [0.1, 0.15) is 0 Å². The summed E-state index contributed by atoms with van der Waals surface area (Å²) in [7, 11) is 1.81. The van der Waals surface area contributed by atoms with E-state index in [0.29, 0.717) is 5.92 Å². The molecule has 102 valence electrons. The number of rotatable bonds is 6. The second kappa shape index (κ2) is 6.91. The second-order valence-electron chi connectivity index (χ2n) is 5.27. The van der Waals surface area contributed by atoms with Gasteiger partial charge in [0, 0.05) is 7.11 Å². The molecular weight excluding hydrogens is 222 g/mol. The molecule has 1 aromatic rings. The van der Waals surface area contributed by atoms with Crippen molar-refractivity contribution in [3.8, 4) is 0 Å². The van der Waals surface area contributed by atoms with Gasteiger partial charge in [-0.3, -0.25) is 0 Å². The Labute approximate surface area is 112 Å². The van der Waals surface area contributed by atoms with E-state index in [-0.39, 0.29) is 12.1 Å². The monoisotopic (exact) mass is 249 g/mol. The summed E-state index contributed by atoms with van der Waals surface area (Å²) in [6.45, 7) is 11.9. The van der Waals surface area contributed by atoms with Crippen LogP contribution in [0, 0.1) is 19.8 Å². The number of benzene rings is 1. The third-order valence-electron chi connectivity index (χ3n) is 3.66. The predicted octanol–water partition coefficient (Wildman–Crippen LogP) is 3.63. The molecule has 0 saturated carbocycles. The van der Waals surface area contributed by atoms with E-state index < -0.39 is 0 Å². The smallest absolute Gasteiger partial charge is 0.0788 e. The molecule has 1 rings (SSSR count). The van der Waals surface area contributed by atoms with Crippen molar-refractivity contribution >= 4 is 0 Å². The van der Waals surface area contributed by atoms with Crippen molar-refractivity contribution in [1.82, 2.24) is 5.32 Å². The summed E-state index contributed by atoms with van der Waals surface area (Å²) in [6, 6.07) is 6.78. The zero-order chi connectivity index (χ0) is 13.7. The molecule has 0 aliphatic rings. The number of ether oxygens (including phenoxy) is 1. The van der Waals surface area contributed by atoms with Gasteiger partial charge in [-0.05, 0) is 43.0 Å². The van der Waals surface area contributed by atoms with E-state index in [2.05, 4.69) is 58.1 Å². The lowest BCUT2D eigenvalue weighted by Gasteiger charge is -2.31. The van der Waals surface area contributed by atoms with Gasteiger partial charge in [0.15, 0.2) is 0 Å². The van der Waals surface area contributed by atoms with Gasteiger partial charge in [0.05, 0.1) is 12.1 Å². The third-order valence-corrected chi connectivity index (χ3v) is 3.66. The third kappa shape index (κ3) is 3.33. The Bertz CT molecular complexity index is 373. The van der Waals surface area contributed by atoms with Crippen molar-refractivity contribution in [3.63, 3.8) is 0 Å². The molecule has 1 N–H and O–H groups in total. The summed E-state index contributed by atoms with van der Waals surface area (Å²) in [4.78, 5) is 0. The summed E-state index contributed by atoms with van der Waals surface area (Å²) in [5, 5.41) is 3.57. The number of hydrogen-bond donors (Lipinski definition) is 1. The normalized spacial score (nSPS) is 14.8. The minimum atomic E-state index is 0.199. The fraction of sp³-hybridized carbons (Fsp3) is 0.625. The minimum Gasteiger partial charge on any atom is -0.379 e. The average molecular weight is 249 g/mol. The second-order valence-corrected chi connectivity index (χ2v) is 5.27. The van der Waals surface area contributed by atoms with Crippen LogP contribution in [-0.2, 0) is 4.74 Å². The largest absolute Gasteiger partial charge is 0.379 e. The first-order valence-corrected chi connectivity index (χ1v) is 6.85. The molecule has 0 spiro atoms. The number of hydrogen-bond acceptors (Lipinski definition) is 2. The van der Waals surface area contributed by atoms with Crippen molar-refractivity contribution in [1.29, 1.82) is 0 Å². The molecule has 2 unspecified atom stereocenters. The van der Waals surface area contributed by atoms with Crippen LogP contribution in [0.1, 0.15) is 43.5 Å². The topological polar surface area (TPSA) is 21.3 Å². The Morgan fingerprint density at radius 3 is 2.39 bits per heavy atom. The molecule has 0 radical (unpaired) electrons. The number of methoxy groups -OCH3 is 1. The lowest BCUT2D eigenvalue weighted by Crippen LogP contribution is -2.37. The standard InChI is InChI=1S/C16H27NO/c1-7-17-15(16(18-6)11(2)3)14-10-8-9-12(4)13(14)5/h8-11,15-17H,7H2,1-6H3. The van der Waals surface area contributed by atoms with Crippen molar-refractivity contribution < 1.29 is 4.74 Å². The van der Waals surface area contributed by atoms with Crippen LogP contribution in [0.3, 0.4) is 0 Å². The first-order valence-electron chi connectivity index (χ1n) is 6.85. The molecule has 2 nitrogen and oxygen atoms in total. The van der Waals surface area contributed by atoms with Crippen LogP contribution in [0.5, 0.6) is 0 Å². The molecular formula is C16H27NO. The maximum absolute atomic E-state index is 5.71. The van der Waals surface area contributed by atoms with Gasteiger partial charge in [0.2, 0.25) is 0 Å². The summed E-state index contributed by atoms with van der Waals surface area (Å²) in [6.07, 6.45) is 0.199. The Kier molecular flexibility index (Phi) is 5.83. The van der Waals surface area contributed by atoms with Crippen molar-refractivity contribution in [2.45, 2.75) is 46.8 Å². The van der Waals surface area contributed by atoms with Gasteiger partial charge in [-0.2, -0.15) is 0 Å². The van der Waals surface area contributed by atoms with Crippen LogP contribution in [0.4, 0.5) is 0 Å². The summed E-state index contributed by atoms with van der Waals surface area (Å²) < 4.78 is 5.71. The SMILES string of the molecule is CCNC(c1cccc(C)c1C)C(OC)C(C)C. The van der Waals surface area contributed by atoms with E-state index in [1.165, 1.54) is 16.7 Å². The Balaban J connectivity index is 3.14. The van der Waals surface area contributed by atoms with Gasteiger partial charge in [-0.1, -0.05) is 39.0 Å². The van der Waals surface area contributed by atoms with Crippen LogP contribution >= 0.6 is 0 Å². The van der Waals surface area contributed by atoms with Crippen LogP contribution < -0.4 is 5.32 Å². The van der Waals surface area contributed by atoms with Crippen molar-refractivity contribution in [2.75, 3.05) is 13.7 Å². The molecule has 0 aliphatic carbocycles. The highest BCUT2D eigenvalue weighted by Gasteiger charge is 2.26. The maximum Gasteiger partial charge on any atom is 0.0788 e. The highest BCUT2D eigenvalue weighted by atomic mass is 16.5. The molecule has 2 atom stereocenters. The Morgan fingerprint density at radius 2 is 1.89 bits per heavy atom. The molecule has 18 heavy (non-hydrogen) atoms. The first kappa shape index (κ1) is 15.2. The van der Waals surface area contributed by atoms with Gasteiger partial charge in [0.25, 0.3) is 0 Å². The lowest BCUT2D eigenvalue weighted by atomic mass is 9.89. The highest BCUT2D eigenvalue weighted by Crippen LogP contribution is 2.28. The van der Waals surface area contributed by atoms with Crippen LogP contribution in [0.2, 0.25) is 0 Å². The fourth-order valence-corrected chi connectivity index (χ4v) is 2.53. The van der Waals surface area contributed by atoms with Crippen LogP contribution in [-0.4, -0.2) is 19.8 Å². The molecule has 1 aromatic carbocycles. The average Bonchev–Trinajstić information content (AvgIpc) is 2.32. The predicted molar refractivity (Wildman–Crippen MR) is 78.0 cm³/mol. The van der Waals surface area contributed by atoms with Crippen molar-refractivity contribution in [2.24, 2.45) is 5.92 Å². The van der Waals surface area contributed by atoms with E-state index in [1.807, 2.05) is 0 Å². The summed E-state index contributed by atoms with van der Waals surface area (Å²) in [5.41, 5.74) is 4.07. The maximum atomic E-state index is 5.71. The molecule has 0 aliphatic heterocycles. The molecule has 0 fully saturated rings. The summed E-state index contributed by atoms with van der Waals surface area (Å²) >= 11 is 0. The number of aryl methyl sites for hydroxylation is 1. The van der Waals surface area contributed by atoms with Crippen LogP contribution in [0.15, 0.2) is 18.2 Å².